The number of aromatic nitrogens is 2. The zero-order valence-corrected chi connectivity index (χ0v) is 19.7. The third-order valence-corrected chi connectivity index (χ3v) is 7.01. The third-order valence-electron chi connectivity index (χ3n) is 6.27. The van der Waals surface area contributed by atoms with Crippen molar-refractivity contribution in [3.05, 3.63) is 45.6 Å². The molecule has 2 fully saturated rings. The van der Waals surface area contributed by atoms with Crippen LogP contribution in [0.25, 0.3) is 0 Å². The largest absolute Gasteiger partial charge is 0.362 e. The van der Waals surface area contributed by atoms with Gasteiger partial charge < -0.3 is 15.5 Å². The van der Waals surface area contributed by atoms with Crippen LogP contribution in [0.3, 0.4) is 0 Å². The van der Waals surface area contributed by atoms with Crippen LogP contribution in [-0.2, 0) is 4.79 Å². The number of anilines is 2. The SMILES string of the molecule is Cc1cnc(N[C@H]2CC[C@@H](NC(=O)[C@@H]3C[C@H]3c3ccc(Cl)c(Cl)c3)CC2)nc1N(C)C. The second kappa shape index (κ2) is 9.21. The molecule has 4 rings (SSSR count). The van der Waals surface area contributed by atoms with Crippen molar-refractivity contribution in [2.75, 3.05) is 24.3 Å². The van der Waals surface area contributed by atoms with E-state index in [-0.39, 0.29) is 23.8 Å². The van der Waals surface area contributed by atoms with Crippen molar-refractivity contribution in [1.82, 2.24) is 15.3 Å². The molecular formula is C23H29Cl2N5O. The molecule has 1 amide bonds. The van der Waals surface area contributed by atoms with Crippen molar-refractivity contribution in [3.8, 4) is 0 Å². The van der Waals surface area contributed by atoms with Crippen LogP contribution in [0.1, 0.15) is 49.1 Å². The van der Waals surface area contributed by atoms with Gasteiger partial charge in [0, 0.05) is 43.9 Å². The molecule has 0 saturated heterocycles. The zero-order chi connectivity index (χ0) is 22.1. The van der Waals surface area contributed by atoms with Crippen LogP contribution in [0.4, 0.5) is 11.8 Å². The van der Waals surface area contributed by atoms with E-state index in [1.807, 2.05) is 44.2 Å². The van der Waals surface area contributed by atoms with Crippen LogP contribution < -0.4 is 15.5 Å². The average Bonchev–Trinajstić information content (AvgIpc) is 3.54. The smallest absolute Gasteiger partial charge is 0.224 e. The molecule has 2 aliphatic rings. The molecule has 31 heavy (non-hydrogen) atoms. The van der Waals surface area contributed by atoms with E-state index >= 15 is 0 Å². The lowest BCUT2D eigenvalue weighted by molar-refractivity contribution is -0.123. The van der Waals surface area contributed by atoms with Crippen molar-refractivity contribution in [3.63, 3.8) is 0 Å². The van der Waals surface area contributed by atoms with E-state index in [2.05, 4.69) is 20.6 Å². The molecule has 0 unspecified atom stereocenters. The number of nitrogens with one attached hydrogen (secondary N) is 2. The molecule has 1 aromatic heterocycles. The van der Waals surface area contributed by atoms with Crippen LogP contribution in [0, 0.1) is 12.8 Å². The Bertz CT molecular complexity index is 959. The molecular weight excluding hydrogens is 433 g/mol. The summed E-state index contributed by atoms with van der Waals surface area (Å²) in [6.45, 7) is 2.01. The molecule has 2 N–H and O–H groups in total. The summed E-state index contributed by atoms with van der Waals surface area (Å²) >= 11 is 12.1. The Balaban J connectivity index is 1.25. The number of hydrogen-bond acceptors (Lipinski definition) is 5. The normalized spacial score (nSPS) is 25.1. The van der Waals surface area contributed by atoms with E-state index in [1.54, 1.807) is 6.07 Å². The first-order valence-corrected chi connectivity index (χ1v) is 11.6. The molecule has 0 bridgehead atoms. The van der Waals surface area contributed by atoms with E-state index in [1.165, 1.54) is 0 Å². The second-order valence-electron chi connectivity index (χ2n) is 8.92. The van der Waals surface area contributed by atoms with Crippen molar-refractivity contribution < 1.29 is 4.79 Å². The average molecular weight is 462 g/mol. The van der Waals surface area contributed by atoms with Crippen molar-refractivity contribution in [1.29, 1.82) is 0 Å². The Morgan fingerprint density at radius 3 is 2.48 bits per heavy atom. The molecule has 166 valence electrons. The summed E-state index contributed by atoms with van der Waals surface area (Å²) in [5.74, 6) is 2.05. The van der Waals surface area contributed by atoms with Crippen molar-refractivity contribution >= 4 is 40.9 Å². The minimum atomic E-state index is 0.0403. The molecule has 2 aliphatic carbocycles. The second-order valence-corrected chi connectivity index (χ2v) is 9.73. The van der Waals surface area contributed by atoms with Crippen molar-refractivity contribution in [2.45, 2.75) is 57.0 Å². The van der Waals surface area contributed by atoms with Gasteiger partial charge in [-0.25, -0.2) is 4.98 Å². The molecule has 8 heteroatoms. The molecule has 1 aromatic carbocycles. The fraction of sp³-hybridized carbons (Fsp3) is 0.522. The Hall–Kier alpha value is -2.05. The molecule has 2 saturated carbocycles. The summed E-state index contributed by atoms with van der Waals surface area (Å²) in [6, 6.07) is 6.22. The third kappa shape index (κ3) is 5.24. The fourth-order valence-electron chi connectivity index (χ4n) is 4.42. The molecule has 1 heterocycles. The highest BCUT2D eigenvalue weighted by Gasteiger charge is 2.44. The Morgan fingerprint density at radius 2 is 1.81 bits per heavy atom. The first-order chi connectivity index (χ1) is 14.8. The lowest BCUT2D eigenvalue weighted by Gasteiger charge is -2.30. The number of aryl methyl sites for hydroxylation is 1. The number of halogens is 2. The molecule has 0 spiro atoms. The number of amides is 1. The quantitative estimate of drug-likeness (QED) is 0.646. The van der Waals surface area contributed by atoms with Gasteiger partial charge in [-0.15, -0.1) is 0 Å². The topological polar surface area (TPSA) is 70.1 Å². The summed E-state index contributed by atoms with van der Waals surface area (Å²) in [6.07, 6.45) is 6.62. The summed E-state index contributed by atoms with van der Waals surface area (Å²) in [4.78, 5) is 23.8. The van der Waals surface area contributed by atoms with Gasteiger partial charge in [0.1, 0.15) is 5.82 Å². The fourth-order valence-corrected chi connectivity index (χ4v) is 4.73. The highest BCUT2D eigenvalue weighted by atomic mass is 35.5. The van der Waals surface area contributed by atoms with Gasteiger partial charge in [-0.3, -0.25) is 4.79 Å². The predicted octanol–water partition coefficient (Wildman–Crippen LogP) is 4.80. The van der Waals surface area contributed by atoms with Gasteiger partial charge in [0.15, 0.2) is 0 Å². The van der Waals surface area contributed by atoms with E-state index in [0.717, 1.165) is 49.0 Å². The summed E-state index contributed by atoms with van der Waals surface area (Å²) in [5, 5.41) is 7.82. The summed E-state index contributed by atoms with van der Waals surface area (Å²) in [5.41, 5.74) is 2.15. The van der Waals surface area contributed by atoms with Gasteiger partial charge in [0.2, 0.25) is 11.9 Å². The van der Waals surface area contributed by atoms with E-state index in [0.29, 0.717) is 22.0 Å². The maximum absolute atomic E-state index is 12.7. The Morgan fingerprint density at radius 1 is 1.10 bits per heavy atom. The number of carbonyl (C=O) groups excluding carboxylic acids is 1. The Kier molecular flexibility index (Phi) is 6.58. The molecule has 0 aliphatic heterocycles. The number of carbonyl (C=O) groups is 1. The van der Waals surface area contributed by atoms with Crippen LogP contribution in [-0.4, -0.2) is 42.1 Å². The summed E-state index contributed by atoms with van der Waals surface area (Å²) < 4.78 is 0. The molecule has 2 aromatic rings. The van der Waals surface area contributed by atoms with Gasteiger partial charge in [-0.05, 0) is 62.6 Å². The summed E-state index contributed by atoms with van der Waals surface area (Å²) in [7, 11) is 3.97. The Labute approximate surface area is 193 Å². The maximum atomic E-state index is 12.7. The van der Waals surface area contributed by atoms with Gasteiger partial charge in [-0.2, -0.15) is 4.98 Å². The van der Waals surface area contributed by atoms with E-state index < -0.39 is 0 Å². The van der Waals surface area contributed by atoms with Gasteiger partial charge in [0.25, 0.3) is 0 Å². The van der Waals surface area contributed by atoms with Crippen molar-refractivity contribution in [2.24, 2.45) is 5.92 Å². The number of nitrogens with zero attached hydrogens (tertiary/aromatic N) is 3. The minimum absolute atomic E-state index is 0.0403. The van der Waals surface area contributed by atoms with Crippen LogP contribution in [0.15, 0.2) is 24.4 Å². The van der Waals surface area contributed by atoms with Gasteiger partial charge in [0.05, 0.1) is 10.0 Å². The monoisotopic (exact) mass is 461 g/mol. The first-order valence-electron chi connectivity index (χ1n) is 10.8. The number of benzene rings is 1. The highest BCUT2D eigenvalue weighted by Crippen LogP contribution is 2.48. The molecule has 6 nitrogen and oxygen atoms in total. The van der Waals surface area contributed by atoms with Crippen LogP contribution in [0.5, 0.6) is 0 Å². The maximum Gasteiger partial charge on any atom is 0.224 e. The lowest BCUT2D eigenvalue weighted by Crippen LogP contribution is -2.41. The number of hydrogen-bond donors (Lipinski definition) is 2. The zero-order valence-electron chi connectivity index (χ0n) is 18.2. The van der Waals surface area contributed by atoms with Gasteiger partial charge in [-0.1, -0.05) is 29.3 Å². The van der Waals surface area contributed by atoms with E-state index in [9.17, 15) is 4.79 Å². The van der Waals surface area contributed by atoms with Crippen LogP contribution >= 0.6 is 23.2 Å². The highest BCUT2D eigenvalue weighted by molar-refractivity contribution is 6.42. The lowest BCUT2D eigenvalue weighted by atomic mass is 9.91. The molecule has 0 radical (unpaired) electrons. The van der Waals surface area contributed by atoms with Crippen LogP contribution in [0.2, 0.25) is 10.0 Å². The van der Waals surface area contributed by atoms with Gasteiger partial charge >= 0.3 is 0 Å². The minimum Gasteiger partial charge on any atom is -0.362 e. The standard InChI is InChI=1S/C23H29Cl2N5O/c1-13-12-26-23(29-21(13)30(2)3)28-16-7-5-15(6-8-16)27-22(31)18-11-17(18)14-4-9-19(24)20(25)10-14/h4,9-10,12,15-18H,5-8,11H2,1-3H3,(H,27,31)(H,26,28,29)/t15-,16+,17-,18+/m0/s1. The first kappa shape index (κ1) is 22.2. The van der Waals surface area contributed by atoms with E-state index in [4.69, 9.17) is 23.2 Å². The molecule has 2 atom stereocenters. The predicted molar refractivity (Wildman–Crippen MR) is 126 cm³/mol. The number of rotatable bonds is 6.